The minimum absolute atomic E-state index is 0.0134. The number of aliphatic hydroxyl groups excluding tert-OH is 1. The molecule has 0 saturated heterocycles. The van der Waals surface area contributed by atoms with Gasteiger partial charge >= 0.3 is 6.18 Å². The van der Waals surface area contributed by atoms with Crippen molar-refractivity contribution in [1.82, 2.24) is 0 Å². The molecule has 23 heavy (non-hydrogen) atoms. The topological polar surface area (TPSA) is 55.5 Å². The van der Waals surface area contributed by atoms with E-state index in [1.54, 1.807) is 0 Å². The molecule has 0 heterocycles. The van der Waals surface area contributed by atoms with E-state index in [-0.39, 0.29) is 5.75 Å². The largest absolute Gasteiger partial charge is 0.496 e. The molecular weight excluding hydrogens is 307 g/mol. The Balaban J connectivity index is 2.22. The summed E-state index contributed by atoms with van der Waals surface area (Å²) in [4.78, 5) is 0. The molecule has 2 atom stereocenters. The third-order valence-corrected chi connectivity index (χ3v) is 3.62. The molecule has 0 aliphatic heterocycles. The zero-order chi connectivity index (χ0) is 17.0. The second kappa shape index (κ2) is 7.02. The Kier molecular flexibility index (Phi) is 5.28. The van der Waals surface area contributed by atoms with Crippen molar-refractivity contribution in [2.75, 3.05) is 7.11 Å². The number of alkyl halides is 3. The Hall–Kier alpha value is -2.05. The van der Waals surface area contributed by atoms with Crippen LogP contribution in [0.25, 0.3) is 0 Å². The molecule has 0 fully saturated rings. The van der Waals surface area contributed by atoms with Crippen molar-refractivity contribution < 1.29 is 23.0 Å². The highest BCUT2D eigenvalue weighted by Gasteiger charge is 2.32. The Morgan fingerprint density at radius 1 is 1.13 bits per heavy atom. The van der Waals surface area contributed by atoms with Gasteiger partial charge in [-0.25, -0.2) is 0 Å². The van der Waals surface area contributed by atoms with E-state index < -0.39 is 23.9 Å². The number of hydrogen-bond acceptors (Lipinski definition) is 3. The highest BCUT2D eigenvalue weighted by Crippen LogP contribution is 2.35. The van der Waals surface area contributed by atoms with Gasteiger partial charge in [0, 0.05) is 12.0 Å². The summed E-state index contributed by atoms with van der Waals surface area (Å²) in [6.45, 7) is 0. The summed E-state index contributed by atoms with van der Waals surface area (Å²) in [6.07, 6.45) is -5.10. The monoisotopic (exact) mass is 325 g/mol. The maximum atomic E-state index is 12.7. The second-order valence-corrected chi connectivity index (χ2v) is 5.24. The summed E-state index contributed by atoms with van der Waals surface area (Å²) in [7, 11) is 1.27. The molecule has 6 heteroatoms. The summed E-state index contributed by atoms with van der Waals surface area (Å²) in [5.41, 5.74) is 6.42. The summed E-state index contributed by atoms with van der Waals surface area (Å²) < 4.78 is 43.3. The highest BCUT2D eigenvalue weighted by molar-refractivity contribution is 5.41. The normalized spacial score (nSPS) is 14.3. The number of hydrogen-bond donors (Lipinski definition) is 2. The Bertz CT molecular complexity index is 644. The Morgan fingerprint density at radius 3 is 2.35 bits per heavy atom. The first-order chi connectivity index (χ1) is 10.8. The van der Waals surface area contributed by atoms with Gasteiger partial charge in [0.2, 0.25) is 0 Å². The van der Waals surface area contributed by atoms with Crippen molar-refractivity contribution in [3.8, 4) is 5.75 Å². The standard InChI is InChI=1S/C17H18F3NO2/c1-23-15-10-12(17(18,19)20)7-8-13(15)16(21)14(22)9-11-5-3-2-4-6-11/h2-8,10,14,16,22H,9,21H2,1H3/t14-,16+/m0/s1. The molecule has 3 N–H and O–H groups in total. The third kappa shape index (κ3) is 4.24. The van der Waals surface area contributed by atoms with E-state index in [1.165, 1.54) is 13.2 Å². The molecule has 0 aliphatic rings. The lowest BCUT2D eigenvalue weighted by atomic mass is 9.95. The first kappa shape index (κ1) is 17.3. The number of ether oxygens (including phenoxy) is 1. The smallest absolute Gasteiger partial charge is 0.416 e. The minimum atomic E-state index is -4.46. The van der Waals surface area contributed by atoms with Crippen LogP contribution < -0.4 is 10.5 Å². The molecule has 0 aliphatic carbocycles. The van der Waals surface area contributed by atoms with Crippen LogP contribution in [0.3, 0.4) is 0 Å². The van der Waals surface area contributed by atoms with Gasteiger partial charge in [-0.1, -0.05) is 36.4 Å². The summed E-state index contributed by atoms with van der Waals surface area (Å²) >= 11 is 0. The highest BCUT2D eigenvalue weighted by atomic mass is 19.4. The van der Waals surface area contributed by atoms with Crippen molar-refractivity contribution >= 4 is 0 Å². The van der Waals surface area contributed by atoms with Gasteiger partial charge in [-0.15, -0.1) is 0 Å². The van der Waals surface area contributed by atoms with E-state index in [9.17, 15) is 18.3 Å². The number of benzene rings is 2. The van der Waals surface area contributed by atoms with E-state index in [0.717, 1.165) is 17.7 Å². The van der Waals surface area contributed by atoms with Crippen molar-refractivity contribution in [1.29, 1.82) is 0 Å². The van der Waals surface area contributed by atoms with Crippen LogP contribution in [-0.2, 0) is 12.6 Å². The van der Waals surface area contributed by atoms with Gasteiger partial charge in [0.15, 0.2) is 0 Å². The number of halogens is 3. The average Bonchev–Trinajstić information content (AvgIpc) is 2.53. The van der Waals surface area contributed by atoms with Crippen molar-refractivity contribution in [2.45, 2.75) is 24.7 Å². The SMILES string of the molecule is COc1cc(C(F)(F)F)ccc1[C@@H](N)[C@@H](O)Cc1ccccc1. The molecule has 2 rings (SSSR count). The molecule has 2 aromatic carbocycles. The molecular formula is C17H18F3NO2. The Morgan fingerprint density at radius 2 is 1.78 bits per heavy atom. The Labute approximate surface area is 132 Å². The molecule has 0 unspecified atom stereocenters. The first-order valence-corrected chi connectivity index (χ1v) is 7.05. The fourth-order valence-corrected chi connectivity index (χ4v) is 2.35. The van der Waals surface area contributed by atoms with Gasteiger partial charge in [0.25, 0.3) is 0 Å². The first-order valence-electron chi connectivity index (χ1n) is 7.05. The van der Waals surface area contributed by atoms with Crippen LogP contribution in [0, 0.1) is 0 Å². The third-order valence-electron chi connectivity index (χ3n) is 3.62. The second-order valence-electron chi connectivity index (χ2n) is 5.24. The average molecular weight is 325 g/mol. The zero-order valence-corrected chi connectivity index (χ0v) is 12.5. The summed E-state index contributed by atoms with van der Waals surface area (Å²) in [5, 5.41) is 10.3. The molecule has 124 valence electrons. The molecule has 3 nitrogen and oxygen atoms in total. The molecule has 0 radical (unpaired) electrons. The lowest BCUT2D eigenvalue weighted by Gasteiger charge is -2.22. The fourth-order valence-electron chi connectivity index (χ4n) is 2.35. The molecule has 0 saturated carbocycles. The van der Waals surface area contributed by atoms with Crippen LogP contribution in [0.4, 0.5) is 13.2 Å². The molecule has 0 bridgehead atoms. The molecule has 0 spiro atoms. The molecule has 2 aromatic rings. The maximum Gasteiger partial charge on any atom is 0.416 e. The molecule has 0 amide bonds. The van der Waals surface area contributed by atoms with Crippen LogP contribution in [-0.4, -0.2) is 18.3 Å². The van der Waals surface area contributed by atoms with Crippen molar-refractivity contribution in [2.24, 2.45) is 5.73 Å². The van der Waals surface area contributed by atoms with E-state index in [0.29, 0.717) is 12.0 Å². The van der Waals surface area contributed by atoms with E-state index >= 15 is 0 Å². The number of methoxy groups -OCH3 is 1. The van der Waals surface area contributed by atoms with E-state index in [1.807, 2.05) is 30.3 Å². The summed E-state index contributed by atoms with van der Waals surface area (Å²) in [6, 6.07) is 11.5. The minimum Gasteiger partial charge on any atom is -0.496 e. The van der Waals surface area contributed by atoms with E-state index in [2.05, 4.69) is 0 Å². The van der Waals surface area contributed by atoms with Crippen LogP contribution in [0.1, 0.15) is 22.7 Å². The van der Waals surface area contributed by atoms with Crippen molar-refractivity contribution in [3.63, 3.8) is 0 Å². The van der Waals surface area contributed by atoms with Gasteiger partial charge in [0.1, 0.15) is 5.75 Å². The van der Waals surface area contributed by atoms with Crippen molar-refractivity contribution in [3.05, 3.63) is 65.2 Å². The predicted molar refractivity (Wildman–Crippen MR) is 81.1 cm³/mol. The van der Waals surface area contributed by atoms with E-state index in [4.69, 9.17) is 10.5 Å². The zero-order valence-electron chi connectivity index (χ0n) is 12.5. The quantitative estimate of drug-likeness (QED) is 0.887. The van der Waals surface area contributed by atoms with Crippen LogP contribution in [0.5, 0.6) is 5.75 Å². The number of nitrogens with two attached hydrogens (primary N) is 1. The number of rotatable bonds is 5. The summed E-state index contributed by atoms with van der Waals surface area (Å²) in [5.74, 6) is 0.0134. The lowest BCUT2D eigenvalue weighted by Crippen LogP contribution is -2.28. The van der Waals surface area contributed by atoms with Crippen LogP contribution >= 0.6 is 0 Å². The lowest BCUT2D eigenvalue weighted by molar-refractivity contribution is -0.137. The van der Waals surface area contributed by atoms with Crippen LogP contribution in [0.2, 0.25) is 0 Å². The van der Waals surface area contributed by atoms with Gasteiger partial charge in [0.05, 0.1) is 24.8 Å². The fraction of sp³-hybridized carbons (Fsp3) is 0.294. The predicted octanol–water partition coefficient (Wildman–Crippen LogP) is 3.32. The van der Waals surface area contributed by atoms with Gasteiger partial charge in [-0.2, -0.15) is 13.2 Å². The van der Waals surface area contributed by atoms with Gasteiger partial charge in [-0.3, -0.25) is 0 Å². The molecule has 0 aromatic heterocycles. The van der Waals surface area contributed by atoms with Gasteiger partial charge in [-0.05, 0) is 17.7 Å². The maximum absolute atomic E-state index is 12.7. The number of aliphatic hydroxyl groups is 1. The van der Waals surface area contributed by atoms with Crippen LogP contribution in [0.15, 0.2) is 48.5 Å². The van der Waals surface area contributed by atoms with Gasteiger partial charge < -0.3 is 15.6 Å².